The first kappa shape index (κ1) is 21.5. The van der Waals surface area contributed by atoms with Gasteiger partial charge in [-0.15, -0.1) is 0 Å². The van der Waals surface area contributed by atoms with E-state index in [1.54, 1.807) is 18.2 Å². The van der Waals surface area contributed by atoms with Crippen LogP contribution in [0.1, 0.15) is 26.3 Å². The van der Waals surface area contributed by atoms with Crippen molar-refractivity contribution in [1.29, 1.82) is 0 Å². The van der Waals surface area contributed by atoms with Crippen molar-refractivity contribution in [3.05, 3.63) is 70.2 Å². The molecule has 0 spiro atoms. The van der Waals surface area contributed by atoms with Crippen LogP contribution in [0.15, 0.2) is 48.5 Å². The molecule has 1 heterocycles. The van der Waals surface area contributed by atoms with Crippen molar-refractivity contribution in [1.82, 2.24) is 5.32 Å². The Bertz CT molecular complexity index is 1270. The molecule has 3 aromatic rings. The number of hydrogen-bond donors (Lipinski definition) is 3. The van der Waals surface area contributed by atoms with E-state index in [1.807, 2.05) is 0 Å². The average Bonchev–Trinajstić information content (AvgIpc) is 2.74. The van der Waals surface area contributed by atoms with E-state index < -0.39 is 28.6 Å². The van der Waals surface area contributed by atoms with Crippen molar-refractivity contribution in [2.45, 2.75) is 6.18 Å². The van der Waals surface area contributed by atoms with Crippen LogP contribution in [0.2, 0.25) is 5.02 Å². The highest BCUT2D eigenvalue weighted by Crippen LogP contribution is 2.46. The van der Waals surface area contributed by atoms with Gasteiger partial charge in [0.25, 0.3) is 5.91 Å². The summed E-state index contributed by atoms with van der Waals surface area (Å²) in [5.74, 6) is -1.23. The standard InChI is InChI=1S/C22H14ClF3N2O4/c1-27-20(29)12-6-13(21(30)31)19-18(9-12)32-17-5-3-11(8-16(17)28-19)10-2-4-14(15(23)7-10)22(24,25)26/h2-9,28H,1H3,(H,27,29)(H,30,31). The Labute approximate surface area is 184 Å². The van der Waals surface area contributed by atoms with Crippen LogP contribution >= 0.6 is 11.6 Å². The largest absolute Gasteiger partial charge is 0.478 e. The van der Waals surface area contributed by atoms with E-state index in [4.69, 9.17) is 16.3 Å². The van der Waals surface area contributed by atoms with Gasteiger partial charge in [0.15, 0.2) is 11.5 Å². The van der Waals surface area contributed by atoms with Crippen molar-refractivity contribution in [3.63, 3.8) is 0 Å². The number of aromatic carboxylic acids is 1. The van der Waals surface area contributed by atoms with E-state index in [-0.39, 0.29) is 22.6 Å². The molecule has 0 bridgehead atoms. The average molecular weight is 463 g/mol. The highest BCUT2D eigenvalue weighted by Gasteiger charge is 2.33. The molecule has 32 heavy (non-hydrogen) atoms. The minimum absolute atomic E-state index is 0.116. The highest BCUT2D eigenvalue weighted by atomic mass is 35.5. The fraction of sp³-hybridized carbons (Fsp3) is 0.0909. The van der Waals surface area contributed by atoms with E-state index in [9.17, 15) is 27.9 Å². The Kier molecular flexibility index (Phi) is 5.21. The molecule has 0 saturated carbocycles. The van der Waals surface area contributed by atoms with Gasteiger partial charge >= 0.3 is 12.1 Å². The summed E-state index contributed by atoms with van der Waals surface area (Å²) in [4.78, 5) is 23.7. The van der Waals surface area contributed by atoms with Crippen LogP contribution in [0.25, 0.3) is 11.1 Å². The van der Waals surface area contributed by atoms with Gasteiger partial charge in [0.05, 0.1) is 27.5 Å². The second-order valence-electron chi connectivity index (χ2n) is 6.91. The molecule has 1 amide bonds. The minimum atomic E-state index is -4.56. The van der Waals surface area contributed by atoms with Crippen molar-refractivity contribution >= 4 is 34.9 Å². The van der Waals surface area contributed by atoms with Gasteiger partial charge in [0.1, 0.15) is 0 Å². The van der Waals surface area contributed by atoms with Gasteiger partial charge in [-0.25, -0.2) is 4.79 Å². The molecule has 0 saturated heterocycles. The first-order chi connectivity index (χ1) is 15.1. The molecule has 4 rings (SSSR count). The summed E-state index contributed by atoms with van der Waals surface area (Å²) in [6.07, 6.45) is -4.56. The van der Waals surface area contributed by atoms with Gasteiger partial charge < -0.3 is 20.5 Å². The predicted octanol–water partition coefficient (Wildman–Crippen LogP) is 5.93. The van der Waals surface area contributed by atoms with E-state index in [2.05, 4.69) is 10.6 Å². The van der Waals surface area contributed by atoms with E-state index >= 15 is 0 Å². The summed E-state index contributed by atoms with van der Waals surface area (Å²) in [6.45, 7) is 0. The number of alkyl halides is 3. The number of amides is 1. The fourth-order valence-corrected chi connectivity index (χ4v) is 3.63. The Morgan fingerprint density at radius 2 is 1.72 bits per heavy atom. The lowest BCUT2D eigenvalue weighted by atomic mass is 10.0. The zero-order valence-electron chi connectivity index (χ0n) is 16.3. The van der Waals surface area contributed by atoms with Gasteiger partial charge in [-0.3, -0.25) is 4.79 Å². The molecule has 1 aliphatic heterocycles. The third-order valence-electron chi connectivity index (χ3n) is 4.89. The monoisotopic (exact) mass is 462 g/mol. The molecule has 3 N–H and O–H groups in total. The van der Waals surface area contributed by atoms with Crippen molar-refractivity contribution < 1.29 is 32.6 Å². The summed E-state index contributed by atoms with van der Waals surface area (Å²) >= 11 is 5.82. The maximum atomic E-state index is 13.0. The normalized spacial score (nSPS) is 12.2. The molecule has 10 heteroatoms. The summed E-state index contributed by atoms with van der Waals surface area (Å²) < 4.78 is 44.7. The van der Waals surface area contributed by atoms with Crippen LogP contribution in [-0.4, -0.2) is 24.0 Å². The Hall–Kier alpha value is -3.72. The van der Waals surface area contributed by atoms with Gasteiger partial charge in [0.2, 0.25) is 0 Å². The van der Waals surface area contributed by atoms with Crippen LogP contribution in [0.3, 0.4) is 0 Å². The number of hydrogen-bond acceptors (Lipinski definition) is 4. The molecule has 0 aliphatic carbocycles. The van der Waals surface area contributed by atoms with E-state index in [0.29, 0.717) is 22.6 Å². The van der Waals surface area contributed by atoms with E-state index in [0.717, 1.165) is 6.07 Å². The number of nitrogens with one attached hydrogen (secondary N) is 2. The van der Waals surface area contributed by atoms with Crippen LogP contribution < -0.4 is 15.4 Å². The quantitative estimate of drug-likeness (QED) is 0.351. The number of halogens is 4. The molecule has 3 aromatic carbocycles. The van der Waals surface area contributed by atoms with Gasteiger partial charge in [-0.05, 0) is 47.5 Å². The molecule has 0 unspecified atom stereocenters. The minimum Gasteiger partial charge on any atom is -0.478 e. The maximum Gasteiger partial charge on any atom is 0.417 e. The zero-order chi connectivity index (χ0) is 23.2. The summed E-state index contributed by atoms with van der Waals surface area (Å²) in [7, 11) is 1.42. The molecule has 1 aliphatic rings. The third-order valence-corrected chi connectivity index (χ3v) is 5.20. The lowest BCUT2D eigenvalue weighted by Crippen LogP contribution is -2.19. The third kappa shape index (κ3) is 3.82. The van der Waals surface area contributed by atoms with Crippen molar-refractivity contribution in [2.24, 2.45) is 0 Å². The number of ether oxygens (including phenoxy) is 1. The zero-order valence-corrected chi connectivity index (χ0v) is 17.1. The Morgan fingerprint density at radius 3 is 2.34 bits per heavy atom. The highest BCUT2D eigenvalue weighted by molar-refractivity contribution is 6.31. The van der Waals surface area contributed by atoms with Gasteiger partial charge in [-0.1, -0.05) is 23.7 Å². The second kappa shape index (κ2) is 7.76. The fourth-order valence-electron chi connectivity index (χ4n) is 3.34. The van der Waals surface area contributed by atoms with Crippen molar-refractivity contribution in [2.75, 3.05) is 12.4 Å². The van der Waals surface area contributed by atoms with Gasteiger partial charge in [-0.2, -0.15) is 13.2 Å². The Balaban J connectivity index is 1.74. The number of fused-ring (bicyclic) bond motifs is 2. The number of carboxylic acids is 1. The predicted molar refractivity (Wildman–Crippen MR) is 112 cm³/mol. The molecular formula is C22H14ClF3N2O4. The molecule has 0 radical (unpaired) electrons. The van der Waals surface area contributed by atoms with Crippen LogP contribution in [-0.2, 0) is 6.18 Å². The molecule has 0 aromatic heterocycles. The first-order valence-electron chi connectivity index (χ1n) is 9.18. The number of carboxylic acid groups (broad SMARTS) is 1. The molecular weight excluding hydrogens is 449 g/mol. The molecule has 0 fully saturated rings. The SMILES string of the molecule is CNC(=O)c1cc2c(c(C(=O)O)c1)Nc1cc(-c3ccc(C(F)(F)F)c(Cl)c3)ccc1O2. The summed E-state index contributed by atoms with van der Waals surface area (Å²) in [5.41, 5.74) is 0.542. The van der Waals surface area contributed by atoms with Crippen molar-refractivity contribution in [3.8, 4) is 22.6 Å². The maximum absolute atomic E-state index is 13.0. The number of carbonyl (C=O) groups is 2. The lowest BCUT2D eigenvalue weighted by molar-refractivity contribution is -0.137. The second-order valence-corrected chi connectivity index (χ2v) is 7.32. The Morgan fingerprint density at radius 1 is 1.03 bits per heavy atom. The molecule has 164 valence electrons. The first-order valence-corrected chi connectivity index (χ1v) is 9.55. The number of carbonyl (C=O) groups excluding carboxylic acids is 1. The van der Waals surface area contributed by atoms with E-state index in [1.165, 1.54) is 31.3 Å². The molecule has 0 atom stereocenters. The van der Waals surface area contributed by atoms with Gasteiger partial charge in [0, 0.05) is 12.6 Å². The smallest absolute Gasteiger partial charge is 0.417 e. The van der Waals surface area contributed by atoms with Crippen LogP contribution in [0.5, 0.6) is 11.5 Å². The number of rotatable bonds is 3. The number of anilines is 2. The topological polar surface area (TPSA) is 87.7 Å². The molecule has 6 nitrogen and oxygen atoms in total. The summed E-state index contributed by atoms with van der Waals surface area (Å²) in [6, 6.07) is 10.9. The lowest BCUT2D eigenvalue weighted by Gasteiger charge is -2.24. The van der Waals surface area contributed by atoms with Crippen LogP contribution in [0, 0.1) is 0 Å². The number of benzene rings is 3. The summed E-state index contributed by atoms with van der Waals surface area (Å²) in [5, 5.41) is 14.6. The van der Waals surface area contributed by atoms with Crippen LogP contribution in [0.4, 0.5) is 24.5 Å².